The van der Waals surface area contributed by atoms with Crippen LogP contribution in [0.3, 0.4) is 0 Å². The van der Waals surface area contributed by atoms with Crippen molar-refractivity contribution in [1.82, 2.24) is 4.98 Å². The van der Waals surface area contributed by atoms with Crippen LogP contribution >= 0.6 is 0 Å². The zero-order valence-electron chi connectivity index (χ0n) is 16.4. The first-order valence-corrected chi connectivity index (χ1v) is 9.38. The number of carbonyl (C=O) groups is 1. The number of benzene rings is 3. The fraction of sp³-hybridized carbons (Fsp3) is 0.0833. The second kappa shape index (κ2) is 8.10. The molecule has 0 radical (unpaired) electrons. The number of anilines is 1. The molecule has 4 rings (SSSR count). The van der Waals surface area contributed by atoms with E-state index in [9.17, 15) is 18.0 Å². The molecule has 0 saturated carbocycles. The van der Waals surface area contributed by atoms with Gasteiger partial charge in [-0.25, -0.2) is 4.98 Å². The molecule has 0 spiro atoms. The summed E-state index contributed by atoms with van der Waals surface area (Å²) < 4.78 is 44.3. The van der Waals surface area contributed by atoms with Gasteiger partial charge >= 0.3 is 6.18 Å². The van der Waals surface area contributed by atoms with Crippen molar-refractivity contribution in [3.63, 3.8) is 0 Å². The number of methoxy groups -OCH3 is 1. The van der Waals surface area contributed by atoms with Gasteiger partial charge in [0, 0.05) is 16.6 Å². The highest BCUT2D eigenvalue weighted by molar-refractivity contribution is 6.13. The summed E-state index contributed by atoms with van der Waals surface area (Å²) in [6.45, 7) is 0. The number of alkyl halides is 3. The topological polar surface area (TPSA) is 51.2 Å². The Balaban J connectivity index is 1.77. The van der Waals surface area contributed by atoms with E-state index in [0.29, 0.717) is 27.9 Å². The first kappa shape index (κ1) is 20.4. The number of amides is 1. The number of hydrogen-bond donors (Lipinski definition) is 1. The van der Waals surface area contributed by atoms with Crippen molar-refractivity contribution in [1.29, 1.82) is 0 Å². The molecule has 156 valence electrons. The molecule has 3 aromatic carbocycles. The Kier molecular flexibility index (Phi) is 5.33. The Morgan fingerprint density at radius 1 is 0.935 bits per heavy atom. The number of aromatic nitrogens is 1. The third kappa shape index (κ3) is 4.35. The number of nitrogens with zero attached hydrogens (tertiary/aromatic N) is 1. The predicted molar refractivity (Wildman–Crippen MR) is 113 cm³/mol. The highest BCUT2D eigenvalue weighted by Crippen LogP contribution is 2.31. The molecule has 0 unspecified atom stereocenters. The highest BCUT2D eigenvalue weighted by Gasteiger charge is 2.30. The van der Waals surface area contributed by atoms with E-state index in [-0.39, 0.29) is 5.69 Å². The first-order chi connectivity index (χ1) is 14.8. The van der Waals surface area contributed by atoms with Crippen LogP contribution in [0.2, 0.25) is 0 Å². The molecule has 0 aliphatic heterocycles. The average Bonchev–Trinajstić information content (AvgIpc) is 2.78. The zero-order chi connectivity index (χ0) is 22.0. The lowest BCUT2D eigenvalue weighted by molar-refractivity contribution is -0.137. The first-order valence-electron chi connectivity index (χ1n) is 9.38. The van der Waals surface area contributed by atoms with Crippen LogP contribution in [0.25, 0.3) is 22.2 Å². The van der Waals surface area contributed by atoms with Crippen LogP contribution in [-0.2, 0) is 6.18 Å². The summed E-state index contributed by atoms with van der Waals surface area (Å²) in [5.41, 5.74) is 1.42. The summed E-state index contributed by atoms with van der Waals surface area (Å²) in [6.07, 6.45) is -4.50. The van der Waals surface area contributed by atoms with Crippen molar-refractivity contribution >= 4 is 22.5 Å². The van der Waals surface area contributed by atoms with Crippen LogP contribution < -0.4 is 10.1 Å². The minimum Gasteiger partial charge on any atom is -0.497 e. The molecular weight excluding hydrogens is 405 g/mol. The van der Waals surface area contributed by atoms with Crippen molar-refractivity contribution in [2.75, 3.05) is 12.4 Å². The summed E-state index contributed by atoms with van der Waals surface area (Å²) in [5, 5.41) is 3.17. The molecule has 0 aliphatic rings. The van der Waals surface area contributed by atoms with Gasteiger partial charge in [-0.3, -0.25) is 4.79 Å². The molecule has 1 amide bonds. The largest absolute Gasteiger partial charge is 0.497 e. The number of nitrogens with one attached hydrogen (secondary N) is 1. The van der Waals surface area contributed by atoms with Gasteiger partial charge in [-0.2, -0.15) is 13.2 Å². The van der Waals surface area contributed by atoms with Crippen molar-refractivity contribution in [2.24, 2.45) is 0 Å². The molecule has 0 aliphatic carbocycles. The Morgan fingerprint density at radius 2 is 1.71 bits per heavy atom. The lowest BCUT2D eigenvalue weighted by Gasteiger charge is -2.12. The summed E-state index contributed by atoms with van der Waals surface area (Å²) in [5.74, 6) is 0.115. The van der Waals surface area contributed by atoms with Crippen molar-refractivity contribution in [3.8, 4) is 17.0 Å². The van der Waals surface area contributed by atoms with Crippen LogP contribution in [0.1, 0.15) is 15.9 Å². The fourth-order valence-electron chi connectivity index (χ4n) is 3.27. The quantitative estimate of drug-likeness (QED) is 0.427. The Hall–Kier alpha value is -3.87. The van der Waals surface area contributed by atoms with Crippen LogP contribution in [-0.4, -0.2) is 18.0 Å². The van der Waals surface area contributed by atoms with E-state index in [1.807, 2.05) is 12.1 Å². The lowest BCUT2D eigenvalue weighted by atomic mass is 10.0. The predicted octanol–water partition coefficient (Wildman–Crippen LogP) is 6.18. The number of para-hydroxylation sites is 1. The number of halogens is 3. The molecule has 0 saturated heterocycles. The van der Waals surface area contributed by atoms with Crippen LogP contribution in [0.5, 0.6) is 5.75 Å². The molecule has 1 heterocycles. The maximum atomic E-state index is 13.1. The van der Waals surface area contributed by atoms with Gasteiger partial charge in [-0.05, 0) is 42.5 Å². The number of carbonyl (C=O) groups excluding carboxylic acids is 1. The number of hydrogen-bond acceptors (Lipinski definition) is 3. The van der Waals surface area contributed by atoms with Gasteiger partial charge in [-0.1, -0.05) is 36.4 Å². The van der Waals surface area contributed by atoms with Gasteiger partial charge in [-0.15, -0.1) is 0 Å². The van der Waals surface area contributed by atoms with Gasteiger partial charge in [0.25, 0.3) is 5.91 Å². The van der Waals surface area contributed by atoms with Gasteiger partial charge in [0.15, 0.2) is 0 Å². The van der Waals surface area contributed by atoms with Crippen LogP contribution in [0.15, 0.2) is 78.9 Å². The minimum atomic E-state index is -4.50. The highest BCUT2D eigenvalue weighted by atomic mass is 19.4. The number of rotatable bonds is 4. The van der Waals surface area contributed by atoms with E-state index in [4.69, 9.17) is 4.74 Å². The Morgan fingerprint density at radius 3 is 2.48 bits per heavy atom. The number of ether oxygens (including phenoxy) is 1. The molecule has 7 heteroatoms. The maximum Gasteiger partial charge on any atom is 0.416 e. The fourth-order valence-corrected chi connectivity index (χ4v) is 3.27. The van der Waals surface area contributed by atoms with E-state index in [1.54, 1.807) is 49.6 Å². The van der Waals surface area contributed by atoms with Crippen LogP contribution in [0.4, 0.5) is 18.9 Å². The normalized spacial score (nSPS) is 11.4. The van der Waals surface area contributed by atoms with Crippen molar-refractivity contribution in [3.05, 3.63) is 90.0 Å². The molecule has 4 aromatic rings. The molecule has 1 N–H and O–H groups in total. The molecule has 0 bridgehead atoms. The average molecular weight is 422 g/mol. The van der Waals surface area contributed by atoms with Gasteiger partial charge in [0.2, 0.25) is 0 Å². The van der Waals surface area contributed by atoms with Crippen LogP contribution in [0, 0.1) is 0 Å². The Labute approximate surface area is 176 Å². The zero-order valence-corrected chi connectivity index (χ0v) is 16.4. The van der Waals surface area contributed by atoms with E-state index in [2.05, 4.69) is 10.3 Å². The second-order valence-corrected chi connectivity index (χ2v) is 6.84. The smallest absolute Gasteiger partial charge is 0.416 e. The summed E-state index contributed by atoms with van der Waals surface area (Å²) >= 11 is 0. The third-order valence-corrected chi connectivity index (χ3v) is 4.77. The summed E-state index contributed by atoms with van der Waals surface area (Å²) in [4.78, 5) is 17.7. The lowest BCUT2D eigenvalue weighted by Crippen LogP contribution is -2.14. The molecule has 0 fully saturated rings. The van der Waals surface area contributed by atoms with Crippen molar-refractivity contribution in [2.45, 2.75) is 6.18 Å². The molecule has 4 nitrogen and oxygen atoms in total. The van der Waals surface area contributed by atoms with E-state index >= 15 is 0 Å². The van der Waals surface area contributed by atoms with E-state index in [1.165, 1.54) is 12.1 Å². The molecule has 1 aromatic heterocycles. The second-order valence-electron chi connectivity index (χ2n) is 6.84. The molecule has 0 atom stereocenters. The third-order valence-electron chi connectivity index (χ3n) is 4.77. The summed E-state index contributed by atoms with van der Waals surface area (Å²) in [6, 6.07) is 20.5. The molecule has 31 heavy (non-hydrogen) atoms. The number of fused-ring (bicyclic) bond motifs is 1. The van der Waals surface area contributed by atoms with Gasteiger partial charge in [0.05, 0.1) is 29.4 Å². The monoisotopic (exact) mass is 422 g/mol. The van der Waals surface area contributed by atoms with Crippen molar-refractivity contribution < 1.29 is 22.7 Å². The van der Waals surface area contributed by atoms with Gasteiger partial charge < -0.3 is 10.1 Å². The Bertz CT molecular complexity index is 1270. The minimum absolute atomic E-state index is 0.0589. The number of pyridine rings is 1. The maximum absolute atomic E-state index is 13.1. The summed E-state index contributed by atoms with van der Waals surface area (Å²) in [7, 11) is 1.56. The van der Waals surface area contributed by atoms with E-state index in [0.717, 1.165) is 17.7 Å². The standard InChI is InChI=1S/C24H17F3N2O2/c1-31-18-9-4-6-15(12-18)22-14-20(19-10-2-3-11-21(19)29-22)23(30)28-17-8-5-7-16(13-17)24(25,26)27/h2-14H,1H3,(H,28,30). The van der Waals surface area contributed by atoms with E-state index < -0.39 is 17.6 Å². The van der Waals surface area contributed by atoms with Gasteiger partial charge in [0.1, 0.15) is 5.75 Å². The SMILES string of the molecule is COc1cccc(-c2cc(C(=O)Nc3cccc(C(F)(F)F)c3)c3ccccc3n2)c1. The molecular formula is C24H17F3N2O2.